The van der Waals surface area contributed by atoms with Gasteiger partial charge in [0, 0.05) is 31.7 Å². The van der Waals surface area contributed by atoms with Crippen LogP contribution in [-0.4, -0.2) is 47.2 Å². The number of aromatic amines is 1. The number of aromatic nitrogens is 2. The molecule has 25 heavy (non-hydrogen) atoms. The van der Waals surface area contributed by atoms with Crippen LogP contribution in [0.2, 0.25) is 0 Å². The summed E-state index contributed by atoms with van der Waals surface area (Å²) >= 11 is 0. The van der Waals surface area contributed by atoms with Gasteiger partial charge < -0.3 is 9.80 Å². The van der Waals surface area contributed by atoms with Gasteiger partial charge in [0.05, 0.1) is 22.6 Å². The summed E-state index contributed by atoms with van der Waals surface area (Å²) in [6.45, 7) is 6.24. The maximum atomic E-state index is 12.6. The third-order valence-corrected chi connectivity index (χ3v) is 4.43. The van der Waals surface area contributed by atoms with Gasteiger partial charge in [-0.1, -0.05) is 0 Å². The third-order valence-electron chi connectivity index (χ3n) is 4.43. The first kappa shape index (κ1) is 17.3. The maximum absolute atomic E-state index is 12.6. The summed E-state index contributed by atoms with van der Waals surface area (Å²) in [6, 6.07) is 4.37. The highest BCUT2D eigenvalue weighted by atomic mass is 19.4. The molecule has 134 valence electrons. The highest BCUT2D eigenvalue weighted by Crippen LogP contribution is 2.29. The second-order valence-electron chi connectivity index (χ2n) is 6.14. The number of nitrogens with zero attached hydrogens (tertiary/aromatic N) is 3. The SMILES string of the molecule is Cc1n[nH]c(C)c1N1CCN(C(=O)c2ccc(C(F)(F)F)cc2)CC1. The summed E-state index contributed by atoms with van der Waals surface area (Å²) in [5.41, 5.74) is 2.48. The van der Waals surface area contributed by atoms with Crippen LogP contribution in [0.25, 0.3) is 0 Å². The average Bonchev–Trinajstić information content (AvgIpc) is 2.92. The van der Waals surface area contributed by atoms with Gasteiger partial charge in [-0.25, -0.2) is 0 Å². The Hall–Kier alpha value is -2.51. The zero-order valence-corrected chi connectivity index (χ0v) is 14.0. The summed E-state index contributed by atoms with van der Waals surface area (Å²) in [5.74, 6) is -0.242. The third kappa shape index (κ3) is 3.47. The molecular weight excluding hydrogens is 333 g/mol. The molecule has 1 saturated heterocycles. The number of hydrogen-bond donors (Lipinski definition) is 1. The van der Waals surface area contributed by atoms with Crippen molar-refractivity contribution in [3.8, 4) is 0 Å². The number of hydrogen-bond acceptors (Lipinski definition) is 3. The molecule has 1 aromatic heterocycles. The Morgan fingerprint density at radius 3 is 2.16 bits per heavy atom. The van der Waals surface area contributed by atoms with Gasteiger partial charge in [0.2, 0.25) is 0 Å². The summed E-state index contributed by atoms with van der Waals surface area (Å²) in [7, 11) is 0. The van der Waals surface area contributed by atoms with Gasteiger partial charge in [0.1, 0.15) is 0 Å². The van der Waals surface area contributed by atoms with E-state index in [2.05, 4.69) is 15.1 Å². The lowest BCUT2D eigenvalue weighted by molar-refractivity contribution is -0.137. The molecule has 0 spiro atoms. The maximum Gasteiger partial charge on any atom is 0.416 e. The molecule has 0 atom stereocenters. The number of halogens is 3. The Morgan fingerprint density at radius 1 is 1.08 bits per heavy atom. The number of alkyl halides is 3. The minimum absolute atomic E-state index is 0.242. The number of rotatable bonds is 2. The van der Waals surface area contributed by atoms with Gasteiger partial charge in [0.25, 0.3) is 5.91 Å². The number of H-pyrrole nitrogens is 1. The second kappa shape index (κ2) is 6.42. The fourth-order valence-corrected chi connectivity index (χ4v) is 3.13. The molecule has 0 bridgehead atoms. The zero-order chi connectivity index (χ0) is 18.2. The van der Waals surface area contributed by atoms with Crippen LogP contribution in [-0.2, 0) is 6.18 Å². The van der Waals surface area contributed by atoms with Crippen LogP contribution in [0.4, 0.5) is 18.9 Å². The van der Waals surface area contributed by atoms with E-state index in [0.29, 0.717) is 26.2 Å². The first-order chi connectivity index (χ1) is 11.8. The number of benzene rings is 1. The molecule has 0 unspecified atom stereocenters. The molecule has 8 heteroatoms. The fourth-order valence-electron chi connectivity index (χ4n) is 3.13. The number of carbonyl (C=O) groups excluding carboxylic acids is 1. The number of anilines is 1. The zero-order valence-electron chi connectivity index (χ0n) is 14.0. The van der Waals surface area contributed by atoms with Crippen molar-refractivity contribution in [3.05, 3.63) is 46.8 Å². The summed E-state index contributed by atoms with van der Waals surface area (Å²) in [6.07, 6.45) is -4.40. The number of amides is 1. The molecule has 1 aliphatic heterocycles. The van der Waals surface area contributed by atoms with Gasteiger partial charge in [-0.15, -0.1) is 0 Å². The van der Waals surface area contributed by atoms with E-state index in [4.69, 9.17) is 0 Å². The van der Waals surface area contributed by atoms with Crippen LogP contribution < -0.4 is 4.90 Å². The molecule has 0 saturated carbocycles. The van der Waals surface area contributed by atoms with E-state index in [1.54, 1.807) is 4.90 Å². The number of carbonyl (C=O) groups is 1. The predicted molar refractivity (Wildman–Crippen MR) is 87.6 cm³/mol. The lowest BCUT2D eigenvalue weighted by Gasteiger charge is -2.36. The molecule has 1 N–H and O–H groups in total. The van der Waals surface area contributed by atoms with Crippen LogP contribution in [0.1, 0.15) is 27.3 Å². The lowest BCUT2D eigenvalue weighted by Crippen LogP contribution is -2.49. The van der Waals surface area contributed by atoms with E-state index in [9.17, 15) is 18.0 Å². The highest BCUT2D eigenvalue weighted by Gasteiger charge is 2.31. The normalized spacial score (nSPS) is 15.6. The Bertz CT molecular complexity index is 740. The molecule has 1 fully saturated rings. The molecule has 3 rings (SSSR count). The molecule has 1 aliphatic rings. The lowest BCUT2D eigenvalue weighted by atomic mass is 10.1. The molecule has 2 aromatic rings. The van der Waals surface area contributed by atoms with E-state index < -0.39 is 11.7 Å². The molecule has 1 amide bonds. The number of aryl methyl sites for hydroxylation is 2. The average molecular weight is 352 g/mol. The van der Waals surface area contributed by atoms with E-state index in [1.807, 2.05) is 13.8 Å². The summed E-state index contributed by atoms with van der Waals surface area (Å²) in [4.78, 5) is 16.3. The molecule has 0 radical (unpaired) electrons. The van der Waals surface area contributed by atoms with Crippen LogP contribution >= 0.6 is 0 Å². The van der Waals surface area contributed by atoms with Crippen LogP contribution in [0.15, 0.2) is 24.3 Å². The smallest absolute Gasteiger partial charge is 0.365 e. The van der Waals surface area contributed by atoms with E-state index in [0.717, 1.165) is 29.2 Å². The topological polar surface area (TPSA) is 52.2 Å². The van der Waals surface area contributed by atoms with E-state index in [1.165, 1.54) is 12.1 Å². The fraction of sp³-hybridized carbons (Fsp3) is 0.412. The van der Waals surface area contributed by atoms with Gasteiger partial charge in [-0.3, -0.25) is 9.89 Å². The minimum atomic E-state index is -4.40. The Kier molecular flexibility index (Phi) is 4.45. The van der Waals surface area contributed by atoms with Crippen LogP contribution in [0.3, 0.4) is 0 Å². The number of nitrogens with one attached hydrogen (secondary N) is 1. The quantitative estimate of drug-likeness (QED) is 0.904. The van der Waals surface area contributed by atoms with E-state index in [-0.39, 0.29) is 11.5 Å². The largest absolute Gasteiger partial charge is 0.416 e. The second-order valence-corrected chi connectivity index (χ2v) is 6.14. The van der Waals surface area contributed by atoms with Crippen molar-refractivity contribution >= 4 is 11.6 Å². The van der Waals surface area contributed by atoms with Crippen LogP contribution in [0.5, 0.6) is 0 Å². The van der Waals surface area contributed by atoms with Crippen molar-refractivity contribution in [1.82, 2.24) is 15.1 Å². The summed E-state index contributed by atoms with van der Waals surface area (Å²) < 4.78 is 37.8. The molecule has 5 nitrogen and oxygen atoms in total. The predicted octanol–water partition coefficient (Wildman–Crippen LogP) is 3.01. The standard InChI is InChI=1S/C17H19F3N4O/c1-11-15(12(2)22-21-11)23-7-9-24(10-8-23)16(25)13-3-5-14(6-4-13)17(18,19)20/h3-6H,7-10H2,1-2H3,(H,21,22). The molecule has 1 aromatic carbocycles. The monoisotopic (exact) mass is 352 g/mol. The van der Waals surface area contributed by atoms with E-state index >= 15 is 0 Å². The number of piperazine rings is 1. The van der Waals surface area contributed by atoms with Crippen molar-refractivity contribution in [2.24, 2.45) is 0 Å². The van der Waals surface area contributed by atoms with Crippen LogP contribution in [0, 0.1) is 13.8 Å². The van der Waals surface area contributed by atoms with Crippen molar-refractivity contribution in [3.63, 3.8) is 0 Å². The Labute approximate surface area is 143 Å². The van der Waals surface area contributed by atoms with Gasteiger partial charge in [-0.2, -0.15) is 18.3 Å². The minimum Gasteiger partial charge on any atom is -0.365 e. The van der Waals surface area contributed by atoms with Crippen molar-refractivity contribution in [2.45, 2.75) is 20.0 Å². The summed E-state index contributed by atoms with van der Waals surface area (Å²) in [5, 5.41) is 7.13. The highest BCUT2D eigenvalue weighted by molar-refractivity contribution is 5.94. The van der Waals surface area contributed by atoms with Crippen molar-refractivity contribution in [1.29, 1.82) is 0 Å². The first-order valence-electron chi connectivity index (χ1n) is 8.00. The Balaban J connectivity index is 1.66. The molecule has 2 heterocycles. The van der Waals surface area contributed by atoms with Gasteiger partial charge >= 0.3 is 6.18 Å². The molecule has 0 aliphatic carbocycles. The first-order valence-corrected chi connectivity index (χ1v) is 8.00. The van der Waals surface area contributed by atoms with Crippen molar-refractivity contribution < 1.29 is 18.0 Å². The van der Waals surface area contributed by atoms with Crippen molar-refractivity contribution in [2.75, 3.05) is 31.1 Å². The van der Waals surface area contributed by atoms with Gasteiger partial charge in [0.15, 0.2) is 0 Å². The Morgan fingerprint density at radius 2 is 1.68 bits per heavy atom. The molecular formula is C17H19F3N4O. The van der Waals surface area contributed by atoms with Gasteiger partial charge in [-0.05, 0) is 38.1 Å².